The first kappa shape index (κ1) is 23.3. The highest BCUT2D eigenvalue weighted by atomic mass is 16.5. The Hall–Kier alpha value is -3.91. The highest BCUT2D eigenvalue weighted by molar-refractivity contribution is 6.01. The highest BCUT2D eigenvalue weighted by Crippen LogP contribution is 2.37. The van der Waals surface area contributed by atoms with Crippen LogP contribution in [0.2, 0.25) is 0 Å². The number of H-pyrrole nitrogens is 1. The molecule has 0 aliphatic carbocycles. The number of benzene rings is 2. The molecule has 0 fully saturated rings. The fraction of sp³-hybridized carbons (Fsp3) is 0.269. The van der Waals surface area contributed by atoms with Crippen molar-refractivity contribution in [1.82, 2.24) is 9.88 Å². The number of nitrogens with one attached hydrogen (secondary N) is 2. The summed E-state index contributed by atoms with van der Waals surface area (Å²) in [5, 5.41) is 2.95. The number of methoxy groups -OCH3 is 1. The molecule has 0 radical (unpaired) electrons. The van der Waals surface area contributed by atoms with Crippen molar-refractivity contribution in [2.45, 2.75) is 32.1 Å². The molecule has 1 aliphatic heterocycles. The van der Waals surface area contributed by atoms with Gasteiger partial charge in [0, 0.05) is 25.0 Å². The Labute approximate surface area is 197 Å². The lowest BCUT2D eigenvalue weighted by Crippen LogP contribution is -2.38. The Morgan fingerprint density at radius 3 is 2.50 bits per heavy atom. The van der Waals surface area contributed by atoms with Crippen molar-refractivity contribution < 1.29 is 19.1 Å². The Morgan fingerprint density at radius 1 is 1.12 bits per heavy atom. The van der Waals surface area contributed by atoms with Crippen LogP contribution in [0.1, 0.15) is 46.9 Å². The Morgan fingerprint density at radius 2 is 1.85 bits per heavy atom. The molecule has 1 atom stereocenters. The van der Waals surface area contributed by atoms with Gasteiger partial charge in [-0.1, -0.05) is 18.2 Å². The number of aromatic nitrogens is 1. The number of anilines is 1. The van der Waals surface area contributed by atoms with E-state index in [2.05, 4.69) is 10.3 Å². The lowest BCUT2D eigenvalue weighted by Gasteiger charge is -2.28. The van der Waals surface area contributed by atoms with Crippen LogP contribution in [0, 0.1) is 0 Å². The molecule has 1 unspecified atom stereocenters. The average Bonchev–Trinajstić information content (AvgIpc) is 3.13. The molecule has 1 aromatic heterocycles. The van der Waals surface area contributed by atoms with E-state index in [1.165, 1.54) is 23.2 Å². The van der Waals surface area contributed by atoms with Crippen molar-refractivity contribution in [2.24, 2.45) is 0 Å². The predicted molar refractivity (Wildman–Crippen MR) is 128 cm³/mol. The molecule has 2 aromatic carbocycles. The number of aromatic amines is 1. The maximum Gasteiger partial charge on any atom is 0.256 e. The Balaban J connectivity index is 1.64. The number of hydrogen-bond acceptors (Lipinski definition) is 5. The molecule has 8 heteroatoms. The third-order valence-corrected chi connectivity index (χ3v) is 6.03. The van der Waals surface area contributed by atoms with E-state index < -0.39 is 11.9 Å². The van der Waals surface area contributed by atoms with Crippen molar-refractivity contribution >= 4 is 17.5 Å². The number of carbonyl (C=O) groups excluding carboxylic acids is 2. The first-order chi connectivity index (χ1) is 16.2. The molecule has 0 spiro atoms. The van der Waals surface area contributed by atoms with Gasteiger partial charge >= 0.3 is 0 Å². The summed E-state index contributed by atoms with van der Waals surface area (Å²) < 4.78 is 11.1. The SMILES string of the molecule is COc1ccc(C(C(=O)Nc2ccc3c(c2)COC3(C)C)N(C)C(=O)c2ccc(=O)[nH]c2)cc1. The number of carbonyl (C=O) groups is 2. The number of pyridine rings is 1. The lowest BCUT2D eigenvalue weighted by molar-refractivity contribution is -0.120. The zero-order valence-electron chi connectivity index (χ0n) is 19.5. The minimum atomic E-state index is -0.925. The minimum Gasteiger partial charge on any atom is -0.497 e. The molecule has 34 heavy (non-hydrogen) atoms. The van der Waals surface area contributed by atoms with Gasteiger partial charge in [0.05, 0.1) is 24.9 Å². The maximum absolute atomic E-state index is 13.5. The number of nitrogens with zero attached hydrogens (tertiary/aromatic N) is 1. The molecule has 4 rings (SSSR count). The molecule has 2 heterocycles. The second kappa shape index (κ2) is 9.15. The molecule has 0 saturated heterocycles. The third kappa shape index (κ3) is 4.58. The van der Waals surface area contributed by atoms with Crippen molar-refractivity contribution in [1.29, 1.82) is 0 Å². The van der Waals surface area contributed by atoms with E-state index in [4.69, 9.17) is 9.47 Å². The van der Waals surface area contributed by atoms with Gasteiger partial charge in [-0.15, -0.1) is 0 Å². The quantitative estimate of drug-likeness (QED) is 0.584. The maximum atomic E-state index is 13.5. The monoisotopic (exact) mass is 461 g/mol. The molecule has 1 aliphatic rings. The predicted octanol–water partition coefficient (Wildman–Crippen LogP) is 3.60. The summed E-state index contributed by atoms with van der Waals surface area (Å²) in [7, 11) is 3.12. The van der Waals surface area contributed by atoms with Crippen LogP contribution in [0.3, 0.4) is 0 Å². The second-order valence-corrected chi connectivity index (χ2v) is 8.69. The number of likely N-dealkylation sites (N-methyl/N-ethyl adjacent to an activating group) is 1. The molecule has 8 nitrogen and oxygen atoms in total. The van der Waals surface area contributed by atoms with Crippen molar-refractivity contribution in [3.05, 3.63) is 93.4 Å². The van der Waals surface area contributed by atoms with E-state index in [1.807, 2.05) is 32.0 Å². The van der Waals surface area contributed by atoms with Crippen LogP contribution in [0.5, 0.6) is 5.75 Å². The van der Waals surface area contributed by atoms with E-state index >= 15 is 0 Å². The molecular weight excluding hydrogens is 434 g/mol. The van der Waals surface area contributed by atoms with Gasteiger partial charge in [-0.3, -0.25) is 14.4 Å². The van der Waals surface area contributed by atoms with Gasteiger partial charge in [0.25, 0.3) is 11.8 Å². The molecular formula is C26H27N3O5. The van der Waals surface area contributed by atoms with Gasteiger partial charge in [-0.2, -0.15) is 0 Å². The van der Waals surface area contributed by atoms with E-state index in [1.54, 1.807) is 38.4 Å². The fourth-order valence-corrected chi connectivity index (χ4v) is 4.13. The van der Waals surface area contributed by atoms with Crippen LogP contribution in [-0.4, -0.2) is 35.9 Å². The van der Waals surface area contributed by atoms with Crippen LogP contribution in [-0.2, 0) is 21.7 Å². The van der Waals surface area contributed by atoms with Gasteiger partial charge in [0.2, 0.25) is 5.56 Å². The van der Waals surface area contributed by atoms with Crippen LogP contribution < -0.4 is 15.6 Å². The summed E-state index contributed by atoms with van der Waals surface area (Å²) in [6.45, 7) is 4.49. The zero-order chi connectivity index (χ0) is 24.5. The normalized spacial score (nSPS) is 14.7. The van der Waals surface area contributed by atoms with Crippen LogP contribution in [0.15, 0.2) is 65.6 Å². The summed E-state index contributed by atoms with van der Waals surface area (Å²) in [5.41, 5.74) is 2.92. The minimum absolute atomic E-state index is 0.269. The first-order valence-electron chi connectivity index (χ1n) is 10.9. The zero-order valence-corrected chi connectivity index (χ0v) is 19.5. The fourth-order valence-electron chi connectivity index (χ4n) is 4.13. The average molecular weight is 462 g/mol. The van der Waals surface area contributed by atoms with E-state index in [0.29, 0.717) is 23.6 Å². The molecule has 0 bridgehead atoms. The largest absolute Gasteiger partial charge is 0.497 e. The van der Waals surface area contributed by atoms with Gasteiger partial charge in [0.1, 0.15) is 11.8 Å². The lowest BCUT2D eigenvalue weighted by atomic mass is 9.96. The van der Waals surface area contributed by atoms with Crippen molar-refractivity contribution in [3.63, 3.8) is 0 Å². The Kier molecular flexibility index (Phi) is 6.26. The summed E-state index contributed by atoms with van der Waals surface area (Å²) in [6, 6.07) is 14.4. The van der Waals surface area contributed by atoms with Gasteiger partial charge in [-0.05, 0) is 60.9 Å². The van der Waals surface area contributed by atoms with Crippen LogP contribution in [0.25, 0.3) is 0 Å². The number of ether oxygens (including phenoxy) is 2. The van der Waals surface area contributed by atoms with E-state index in [0.717, 1.165) is 11.1 Å². The molecule has 2 amide bonds. The summed E-state index contributed by atoms with van der Waals surface area (Å²) >= 11 is 0. The number of fused-ring (bicyclic) bond motifs is 1. The first-order valence-corrected chi connectivity index (χ1v) is 10.9. The second-order valence-electron chi connectivity index (χ2n) is 8.69. The molecule has 3 aromatic rings. The summed E-state index contributed by atoms with van der Waals surface area (Å²) in [4.78, 5) is 41.9. The number of hydrogen-bond donors (Lipinski definition) is 2. The van der Waals surface area contributed by atoms with Gasteiger partial charge in [0.15, 0.2) is 0 Å². The summed E-state index contributed by atoms with van der Waals surface area (Å²) in [6.07, 6.45) is 1.34. The van der Waals surface area contributed by atoms with Gasteiger partial charge in [-0.25, -0.2) is 0 Å². The topological polar surface area (TPSA) is 101 Å². The molecule has 176 valence electrons. The van der Waals surface area contributed by atoms with Crippen LogP contribution >= 0.6 is 0 Å². The highest BCUT2D eigenvalue weighted by Gasteiger charge is 2.32. The smallest absolute Gasteiger partial charge is 0.256 e. The van der Waals surface area contributed by atoms with Gasteiger partial charge < -0.3 is 24.7 Å². The summed E-state index contributed by atoms with van der Waals surface area (Å²) in [5.74, 6) is -0.140. The van der Waals surface area contributed by atoms with Crippen molar-refractivity contribution in [2.75, 3.05) is 19.5 Å². The Bertz CT molecular complexity index is 1260. The van der Waals surface area contributed by atoms with E-state index in [9.17, 15) is 14.4 Å². The third-order valence-electron chi connectivity index (χ3n) is 6.03. The number of amides is 2. The standard InChI is InChI=1S/C26H27N3O5/c1-26(2)21-11-8-19(13-18(21)15-34-26)28-24(31)23(16-5-9-20(33-4)10-6-16)29(3)25(32)17-7-12-22(30)27-14-17/h5-14,23H,15H2,1-4H3,(H,27,30)(H,28,31). The van der Waals surface area contributed by atoms with Crippen LogP contribution in [0.4, 0.5) is 5.69 Å². The molecule has 0 saturated carbocycles. The number of rotatable bonds is 6. The molecule has 2 N–H and O–H groups in total. The van der Waals surface area contributed by atoms with E-state index in [-0.39, 0.29) is 22.6 Å². The van der Waals surface area contributed by atoms with Crippen molar-refractivity contribution in [3.8, 4) is 5.75 Å².